The molecule has 2 N–H and O–H groups in total. The van der Waals surface area contributed by atoms with Crippen LogP contribution in [-0.4, -0.2) is 29.7 Å². The second kappa shape index (κ2) is 7.11. The van der Waals surface area contributed by atoms with Gasteiger partial charge in [-0.05, 0) is 25.0 Å². The molecule has 0 radical (unpaired) electrons. The first-order valence-electron chi connectivity index (χ1n) is 7.57. The number of nitrogens with one attached hydrogen (secondary N) is 2. The second-order valence-electron chi connectivity index (χ2n) is 5.44. The molecule has 1 fully saturated rings. The third-order valence-corrected chi connectivity index (χ3v) is 3.72. The first-order chi connectivity index (χ1) is 10.1. The molecule has 0 saturated carbocycles. The van der Waals surface area contributed by atoms with Gasteiger partial charge in [-0.1, -0.05) is 32.3 Å². The Bertz CT molecular complexity index is 518. The summed E-state index contributed by atoms with van der Waals surface area (Å²) in [6.45, 7) is 5.10. The molecule has 114 valence electrons. The van der Waals surface area contributed by atoms with Gasteiger partial charge >= 0.3 is 0 Å². The van der Waals surface area contributed by atoms with Gasteiger partial charge in [-0.2, -0.15) is 0 Å². The van der Waals surface area contributed by atoms with Gasteiger partial charge in [0.2, 0.25) is 5.78 Å². The first kappa shape index (κ1) is 15.4. The Morgan fingerprint density at radius 2 is 2.05 bits per heavy atom. The van der Waals surface area contributed by atoms with Crippen molar-refractivity contribution in [1.82, 2.24) is 15.5 Å². The number of dihydropyridines is 1. The van der Waals surface area contributed by atoms with E-state index in [1.54, 1.807) is 0 Å². The number of unbranched alkanes of at least 4 members (excludes halogenated alkanes) is 3. The minimum Gasteiger partial charge on any atom is -0.359 e. The fourth-order valence-corrected chi connectivity index (χ4v) is 2.50. The lowest BCUT2D eigenvalue weighted by atomic mass is 10.1. The third kappa shape index (κ3) is 3.74. The van der Waals surface area contributed by atoms with Crippen LogP contribution in [0.25, 0.3) is 0 Å². The van der Waals surface area contributed by atoms with Crippen LogP contribution in [0.15, 0.2) is 35.4 Å². The standard InChI is InChI=1S/C16H23N3O2/c1-3-4-5-6-10-19-11-13(20)16(21)18-15(19)14-12(2)8-7-9-17-14/h7-9,17H,3-6,10-11H2,1-2H3,(H,18,21). The van der Waals surface area contributed by atoms with Crippen molar-refractivity contribution >= 4 is 11.7 Å². The number of rotatable bonds is 5. The molecule has 0 bridgehead atoms. The van der Waals surface area contributed by atoms with Crippen LogP contribution in [0.5, 0.6) is 0 Å². The molecule has 5 nitrogen and oxygen atoms in total. The second-order valence-corrected chi connectivity index (χ2v) is 5.44. The molecule has 2 aliphatic heterocycles. The van der Waals surface area contributed by atoms with Crippen molar-refractivity contribution < 1.29 is 9.59 Å². The van der Waals surface area contributed by atoms with Crippen molar-refractivity contribution in [3.05, 3.63) is 35.4 Å². The molecule has 0 aromatic rings. The summed E-state index contributed by atoms with van der Waals surface area (Å²) in [5.74, 6) is -0.177. The summed E-state index contributed by atoms with van der Waals surface area (Å²) in [5.41, 5.74) is 1.91. The number of allylic oxidation sites excluding steroid dienone is 3. The van der Waals surface area contributed by atoms with E-state index in [0.29, 0.717) is 5.82 Å². The van der Waals surface area contributed by atoms with Gasteiger partial charge in [0.1, 0.15) is 5.82 Å². The zero-order valence-corrected chi connectivity index (χ0v) is 12.7. The Labute approximate surface area is 125 Å². The highest BCUT2D eigenvalue weighted by Gasteiger charge is 2.29. The maximum atomic E-state index is 11.7. The summed E-state index contributed by atoms with van der Waals surface area (Å²) in [6, 6.07) is 0. The van der Waals surface area contributed by atoms with Crippen molar-refractivity contribution in [3.8, 4) is 0 Å². The Hall–Kier alpha value is -2.04. The van der Waals surface area contributed by atoms with Gasteiger partial charge in [0.15, 0.2) is 0 Å². The maximum absolute atomic E-state index is 11.7. The fraction of sp³-hybridized carbons (Fsp3) is 0.500. The number of ketones is 1. The van der Waals surface area contributed by atoms with Crippen molar-refractivity contribution in [2.24, 2.45) is 0 Å². The summed E-state index contributed by atoms with van der Waals surface area (Å²) >= 11 is 0. The first-order valence-corrected chi connectivity index (χ1v) is 7.57. The van der Waals surface area contributed by atoms with E-state index in [-0.39, 0.29) is 12.3 Å². The highest BCUT2D eigenvalue weighted by Crippen LogP contribution is 2.19. The number of carbonyl (C=O) groups excluding carboxylic acids is 2. The lowest BCUT2D eigenvalue weighted by Crippen LogP contribution is -2.51. The molecule has 0 aliphatic carbocycles. The van der Waals surface area contributed by atoms with Crippen molar-refractivity contribution in [1.29, 1.82) is 0 Å². The molecular formula is C16H23N3O2. The van der Waals surface area contributed by atoms with E-state index in [2.05, 4.69) is 17.6 Å². The van der Waals surface area contributed by atoms with E-state index in [0.717, 1.165) is 30.7 Å². The van der Waals surface area contributed by atoms with Crippen LogP contribution in [0.2, 0.25) is 0 Å². The van der Waals surface area contributed by atoms with Crippen LogP contribution in [0.3, 0.4) is 0 Å². The highest BCUT2D eigenvalue weighted by molar-refractivity contribution is 6.38. The predicted molar refractivity (Wildman–Crippen MR) is 81.9 cm³/mol. The Kier molecular flexibility index (Phi) is 5.20. The average molecular weight is 289 g/mol. The molecule has 0 atom stereocenters. The number of carbonyl (C=O) groups is 2. The molecule has 0 unspecified atom stereocenters. The minimum atomic E-state index is -0.522. The zero-order chi connectivity index (χ0) is 15.2. The SMILES string of the molecule is CCCCCCN1CC(=O)C(=O)NC1=C1NC=CC=C1C. The van der Waals surface area contributed by atoms with Crippen molar-refractivity contribution in [3.63, 3.8) is 0 Å². The molecule has 1 saturated heterocycles. The van der Waals surface area contributed by atoms with Gasteiger partial charge in [-0.15, -0.1) is 0 Å². The summed E-state index contributed by atoms with van der Waals surface area (Å²) in [5, 5.41) is 5.91. The third-order valence-electron chi connectivity index (χ3n) is 3.72. The highest BCUT2D eigenvalue weighted by atomic mass is 16.2. The molecule has 2 aliphatic rings. The van der Waals surface area contributed by atoms with E-state index < -0.39 is 5.91 Å². The molecule has 21 heavy (non-hydrogen) atoms. The van der Waals surface area contributed by atoms with Crippen molar-refractivity contribution in [2.45, 2.75) is 39.5 Å². The van der Waals surface area contributed by atoms with Crippen LogP contribution >= 0.6 is 0 Å². The quantitative estimate of drug-likeness (QED) is 0.598. The van der Waals surface area contributed by atoms with Gasteiger partial charge in [0, 0.05) is 12.7 Å². The molecular weight excluding hydrogens is 266 g/mol. The largest absolute Gasteiger partial charge is 0.359 e. The van der Waals surface area contributed by atoms with Crippen LogP contribution in [0.4, 0.5) is 0 Å². The van der Waals surface area contributed by atoms with E-state index in [1.807, 2.05) is 30.2 Å². The number of nitrogens with zero attached hydrogens (tertiary/aromatic N) is 1. The van der Waals surface area contributed by atoms with Crippen LogP contribution in [0.1, 0.15) is 39.5 Å². The van der Waals surface area contributed by atoms with Crippen LogP contribution < -0.4 is 10.6 Å². The topological polar surface area (TPSA) is 61.4 Å². The van der Waals surface area contributed by atoms with Gasteiger partial charge in [0.05, 0.1) is 12.2 Å². The van der Waals surface area contributed by atoms with Gasteiger partial charge in [0.25, 0.3) is 5.91 Å². The molecule has 0 spiro atoms. The van der Waals surface area contributed by atoms with Gasteiger partial charge in [-0.3, -0.25) is 9.59 Å². The number of amides is 1. The molecule has 1 amide bonds. The van der Waals surface area contributed by atoms with Crippen LogP contribution in [-0.2, 0) is 9.59 Å². The summed E-state index contributed by atoms with van der Waals surface area (Å²) in [6.07, 6.45) is 10.3. The lowest BCUT2D eigenvalue weighted by molar-refractivity contribution is -0.140. The van der Waals surface area contributed by atoms with E-state index in [1.165, 1.54) is 12.8 Å². The monoisotopic (exact) mass is 289 g/mol. The number of Topliss-reactive ketones (excluding diaryl/α,β-unsaturated/α-hetero) is 1. The predicted octanol–water partition coefficient (Wildman–Crippen LogP) is 1.80. The normalized spacial score (nSPS) is 22.0. The summed E-state index contributed by atoms with van der Waals surface area (Å²) < 4.78 is 0. The molecule has 0 aromatic carbocycles. The van der Waals surface area contributed by atoms with E-state index in [4.69, 9.17) is 0 Å². The smallest absolute Gasteiger partial charge is 0.294 e. The fourth-order valence-electron chi connectivity index (χ4n) is 2.50. The van der Waals surface area contributed by atoms with Gasteiger partial charge < -0.3 is 15.5 Å². The average Bonchev–Trinajstić information content (AvgIpc) is 2.47. The van der Waals surface area contributed by atoms with Crippen LogP contribution in [0, 0.1) is 0 Å². The molecule has 2 heterocycles. The summed E-state index contributed by atoms with van der Waals surface area (Å²) in [4.78, 5) is 25.3. The number of hydrogen-bond donors (Lipinski definition) is 2. The Morgan fingerprint density at radius 1 is 1.24 bits per heavy atom. The van der Waals surface area contributed by atoms with Crippen molar-refractivity contribution in [2.75, 3.05) is 13.1 Å². The minimum absolute atomic E-state index is 0.162. The van der Waals surface area contributed by atoms with Gasteiger partial charge in [-0.25, -0.2) is 0 Å². The number of hydrogen-bond acceptors (Lipinski definition) is 4. The summed E-state index contributed by atoms with van der Waals surface area (Å²) in [7, 11) is 0. The zero-order valence-electron chi connectivity index (χ0n) is 12.7. The Balaban J connectivity index is 2.16. The molecule has 2 rings (SSSR count). The maximum Gasteiger partial charge on any atom is 0.294 e. The molecule has 5 heteroatoms. The Morgan fingerprint density at radius 3 is 2.76 bits per heavy atom. The lowest BCUT2D eigenvalue weighted by Gasteiger charge is -2.33. The molecule has 0 aromatic heterocycles. The van der Waals surface area contributed by atoms with E-state index >= 15 is 0 Å². The van der Waals surface area contributed by atoms with E-state index in [9.17, 15) is 9.59 Å².